The minimum absolute atomic E-state index is 0. The highest BCUT2D eigenvalue weighted by molar-refractivity contribution is 5.85. The van der Waals surface area contributed by atoms with Crippen LogP contribution in [0.5, 0.6) is 0 Å². The van der Waals surface area contributed by atoms with Crippen LogP contribution in [0.4, 0.5) is 0 Å². The summed E-state index contributed by atoms with van der Waals surface area (Å²) in [7, 11) is 3.86. The summed E-state index contributed by atoms with van der Waals surface area (Å²) in [4.78, 5) is 0. The number of nitrogens with one attached hydrogen (secondary N) is 1. The Bertz CT molecular complexity index is 626. The Hall–Kier alpha value is -1.61. The molecule has 0 aliphatic rings. The van der Waals surface area contributed by atoms with Crippen LogP contribution in [-0.2, 0) is 10.3 Å². The molecule has 0 bridgehead atoms. The molecule has 0 saturated carbocycles. The van der Waals surface area contributed by atoms with Crippen molar-refractivity contribution in [3.05, 3.63) is 83.4 Å². The molecule has 0 fully saturated rings. The van der Waals surface area contributed by atoms with E-state index in [0.717, 1.165) is 6.42 Å². The number of rotatable bonds is 8. The monoisotopic (exact) mass is 373 g/mol. The van der Waals surface area contributed by atoms with Crippen LogP contribution in [0.15, 0.2) is 72.3 Å². The normalized spacial score (nSPS) is 13.4. The van der Waals surface area contributed by atoms with Crippen molar-refractivity contribution in [2.45, 2.75) is 38.8 Å². The van der Waals surface area contributed by atoms with E-state index in [4.69, 9.17) is 4.74 Å². The predicted molar refractivity (Wildman–Crippen MR) is 114 cm³/mol. The fourth-order valence-corrected chi connectivity index (χ4v) is 3.70. The first kappa shape index (κ1) is 22.4. The second-order valence-electron chi connectivity index (χ2n) is 6.87. The minimum atomic E-state index is -0.494. The number of allylic oxidation sites excluding steroid dienone is 1. The van der Waals surface area contributed by atoms with Crippen molar-refractivity contribution in [3.63, 3.8) is 0 Å². The third kappa shape index (κ3) is 4.76. The molecule has 2 rings (SSSR count). The number of hydrogen-bond donors (Lipinski definition) is 1. The largest absolute Gasteiger partial charge is 0.368 e. The minimum Gasteiger partial charge on any atom is -0.368 e. The maximum Gasteiger partial charge on any atom is 0.122 e. The number of benzene rings is 2. The summed E-state index contributed by atoms with van der Waals surface area (Å²) in [6, 6.07) is 21.4. The Morgan fingerprint density at radius 1 is 1.00 bits per heavy atom. The molecule has 2 aromatic rings. The third-order valence-electron chi connectivity index (χ3n) is 5.12. The van der Waals surface area contributed by atoms with Gasteiger partial charge in [0.05, 0.1) is 0 Å². The molecule has 26 heavy (non-hydrogen) atoms. The summed E-state index contributed by atoms with van der Waals surface area (Å²) in [5, 5.41) is 3.51. The van der Waals surface area contributed by atoms with E-state index in [9.17, 15) is 0 Å². The van der Waals surface area contributed by atoms with E-state index in [-0.39, 0.29) is 18.3 Å². The van der Waals surface area contributed by atoms with Gasteiger partial charge in [-0.05, 0) is 38.4 Å². The van der Waals surface area contributed by atoms with E-state index in [1.54, 1.807) is 0 Å². The highest BCUT2D eigenvalue weighted by Crippen LogP contribution is 2.42. The predicted octanol–water partition coefficient (Wildman–Crippen LogP) is 5.58. The lowest BCUT2D eigenvalue weighted by Crippen LogP contribution is -2.47. The summed E-state index contributed by atoms with van der Waals surface area (Å²) in [5.74, 6) is 0.239. The maximum atomic E-state index is 6.30. The van der Waals surface area contributed by atoms with Crippen LogP contribution in [0.1, 0.15) is 38.3 Å². The Kier molecular flexibility index (Phi) is 9.07. The Morgan fingerprint density at radius 3 is 1.81 bits per heavy atom. The van der Waals surface area contributed by atoms with Crippen LogP contribution in [0.3, 0.4) is 0 Å². The van der Waals surface area contributed by atoms with Crippen molar-refractivity contribution < 1.29 is 4.74 Å². The molecule has 0 saturated heterocycles. The Labute approximate surface area is 165 Å². The molecule has 0 aliphatic carbocycles. The lowest BCUT2D eigenvalue weighted by Gasteiger charge is -2.42. The SMILES string of the molecule is CNC(CC=C(C)C)C(C)C(OC)(c1ccccc1)c1ccccc1.Cl. The summed E-state index contributed by atoms with van der Waals surface area (Å²) in [6.07, 6.45) is 3.28. The van der Waals surface area contributed by atoms with Gasteiger partial charge in [0.1, 0.15) is 5.60 Å². The van der Waals surface area contributed by atoms with Gasteiger partial charge in [0.15, 0.2) is 0 Å². The van der Waals surface area contributed by atoms with E-state index in [2.05, 4.69) is 92.8 Å². The second kappa shape index (κ2) is 10.5. The first-order valence-electron chi connectivity index (χ1n) is 9.03. The molecule has 1 N–H and O–H groups in total. The quantitative estimate of drug-likeness (QED) is 0.610. The molecule has 0 heterocycles. The molecule has 0 aromatic heterocycles. The highest BCUT2D eigenvalue weighted by atomic mass is 35.5. The summed E-state index contributed by atoms with van der Waals surface area (Å²) < 4.78 is 6.30. The lowest BCUT2D eigenvalue weighted by atomic mass is 9.72. The van der Waals surface area contributed by atoms with Gasteiger partial charge in [-0.1, -0.05) is 79.2 Å². The second-order valence-corrected chi connectivity index (χ2v) is 6.87. The fraction of sp³-hybridized carbons (Fsp3) is 0.391. The van der Waals surface area contributed by atoms with Crippen molar-refractivity contribution in [2.75, 3.05) is 14.2 Å². The summed E-state index contributed by atoms with van der Waals surface area (Å²) >= 11 is 0. The zero-order chi connectivity index (χ0) is 18.3. The van der Waals surface area contributed by atoms with E-state index < -0.39 is 5.60 Å². The third-order valence-corrected chi connectivity index (χ3v) is 5.12. The summed E-state index contributed by atoms with van der Waals surface area (Å²) in [5.41, 5.74) is 3.23. The molecule has 2 unspecified atom stereocenters. The first-order chi connectivity index (χ1) is 12.1. The van der Waals surface area contributed by atoms with Crippen molar-refractivity contribution in [1.82, 2.24) is 5.32 Å². The van der Waals surface area contributed by atoms with Crippen LogP contribution in [-0.4, -0.2) is 20.2 Å². The number of ether oxygens (including phenoxy) is 1. The molecule has 0 radical (unpaired) electrons. The van der Waals surface area contributed by atoms with Crippen molar-refractivity contribution in [3.8, 4) is 0 Å². The van der Waals surface area contributed by atoms with Gasteiger partial charge in [0, 0.05) is 19.1 Å². The van der Waals surface area contributed by atoms with Gasteiger partial charge in [-0.25, -0.2) is 0 Å². The smallest absolute Gasteiger partial charge is 0.122 e. The number of halogens is 1. The van der Waals surface area contributed by atoms with Crippen molar-refractivity contribution >= 4 is 12.4 Å². The van der Waals surface area contributed by atoms with Gasteiger partial charge < -0.3 is 10.1 Å². The molecular formula is C23H32ClNO. The van der Waals surface area contributed by atoms with E-state index >= 15 is 0 Å². The first-order valence-corrected chi connectivity index (χ1v) is 9.03. The highest BCUT2D eigenvalue weighted by Gasteiger charge is 2.42. The van der Waals surface area contributed by atoms with Gasteiger partial charge in [0.25, 0.3) is 0 Å². The maximum absolute atomic E-state index is 6.30. The zero-order valence-electron chi connectivity index (χ0n) is 16.5. The van der Waals surface area contributed by atoms with Gasteiger partial charge >= 0.3 is 0 Å². The van der Waals surface area contributed by atoms with Crippen molar-refractivity contribution in [2.24, 2.45) is 5.92 Å². The zero-order valence-corrected chi connectivity index (χ0v) is 17.3. The topological polar surface area (TPSA) is 21.3 Å². The molecule has 2 atom stereocenters. The fourth-order valence-electron chi connectivity index (χ4n) is 3.70. The van der Waals surface area contributed by atoms with Crippen LogP contribution >= 0.6 is 12.4 Å². The van der Waals surface area contributed by atoms with Gasteiger partial charge in [0.2, 0.25) is 0 Å². The van der Waals surface area contributed by atoms with Crippen molar-refractivity contribution in [1.29, 1.82) is 0 Å². The molecule has 0 amide bonds. The summed E-state index contributed by atoms with van der Waals surface area (Å²) in [6.45, 7) is 6.58. The van der Waals surface area contributed by atoms with Crippen LogP contribution < -0.4 is 5.32 Å². The van der Waals surface area contributed by atoms with Crippen LogP contribution in [0.2, 0.25) is 0 Å². The molecule has 2 aromatic carbocycles. The van der Waals surface area contributed by atoms with Gasteiger partial charge in [-0.2, -0.15) is 0 Å². The lowest BCUT2D eigenvalue weighted by molar-refractivity contribution is -0.0351. The average molecular weight is 374 g/mol. The van der Waals surface area contributed by atoms with E-state index in [0.29, 0.717) is 6.04 Å². The average Bonchev–Trinajstić information content (AvgIpc) is 2.65. The van der Waals surface area contributed by atoms with E-state index in [1.165, 1.54) is 16.7 Å². The number of methoxy groups -OCH3 is 1. The van der Waals surface area contributed by atoms with Crippen LogP contribution in [0, 0.1) is 5.92 Å². The number of hydrogen-bond acceptors (Lipinski definition) is 2. The molecule has 0 spiro atoms. The van der Waals surface area contributed by atoms with Crippen LogP contribution in [0.25, 0.3) is 0 Å². The molecule has 142 valence electrons. The van der Waals surface area contributed by atoms with E-state index in [1.807, 2.05) is 14.2 Å². The van der Waals surface area contributed by atoms with Gasteiger partial charge in [-0.3, -0.25) is 0 Å². The Morgan fingerprint density at radius 2 is 1.46 bits per heavy atom. The molecular weight excluding hydrogens is 342 g/mol. The molecule has 0 aliphatic heterocycles. The Balaban J connectivity index is 0.00000338. The molecule has 2 nitrogen and oxygen atoms in total. The molecule has 3 heteroatoms. The van der Waals surface area contributed by atoms with Gasteiger partial charge in [-0.15, -0.1) is 12.4 Å². The standard InChI is InChI=1S/C23H31NO.ClH/c1-18(2)16-17-22(24-4)19(3)23(25-5,20-12-8-6-9-13-20)21-14-10-7-11-15-21;/h6-16,19,22,24H,17H2,1-5H3;1H.